The number of carbonyl (C=O) groups is 1. The first kappa shape index (κ1) is 17.5. The zero-order valence-electron chi connectivity index (χ0n) is 12.6. The summed E-state index contributed by atoms with van der Waals surface area (Å²) in [6.45, 7) is 3.23. The number of hydrogen-bond donors (Lipinski definition) is 1. The molecule has 0 heterocycles. The van der Waals surface area contributed by atoms with Crippen molar-refractivity contribution < 1.29 is 18.5 Å². The zero-order valence-corrected chi connectivity index (χ0v) is 13.4. The van der Waals surface area contributed by atoms with E-state index in [9.17, 15) is 9.00 Å². The highest BCUT2D eigenvalue weighted by Gasteiger charge is 2.03. The Kier molecular flexibility index (Phi) is 8.50. The fraction of sp³-hybridized carbons (Fsp3) is 0.533. The summed E-state index contributed by atoms with van der Waals surface area (Å²) in [5.41, 5.74) is 0. The molecule has 0 fully saturated rings. The van der Waals surface area contributed by atoms with Crippen LogP contribution < -0.4 is 14.8 Å². The van der Waals surface area contributed by atoms with Gasteiger partial charge in [0, 0.05) is 29.4 Å². The minimum absolute atomic E-state index is 0.0234. The minimum atomic E-state index is -0.813. The van der Waals surface area contributed by atoms with Gasteiger partial charge in [0.15, 0.2) is 6.61 Å². The van der Waals surface area contributed by atoms with Crippen LogP contribution in [-0.4, -0.2) is 41.9 Å². The lowest BCUT2D eigenvalue weighted by molar-refractivity contribution is -0.123. The van der Waals surface area contributed by atoms with Crippen molar-refractivity contribution in [3.8, 4) is 11.5 Å². The van der Waals surface area contributed by atoms with Crippen LogP contribution in [0.1, 0.15) is 19.8 Å². The summed E-state index contributed by atoms with van der Waals surface area (Å²) in [7, 11) is -0.813. The second-order valence-electron chi connectivity index (χ2n) is 4.59. The van der Waals surface area contributed by atoms with Crippen molar-refractivity contribution in [1.29, 1.82) is 0 Å². The van der Waals surface area contributed by atoms with Gasteiger partial charge in [-0.2, -0.15) is 0 Å². The SMILES string of the molecule is CCCOc1ccc(OCC(=O)NCCCS(C)=O)cc1. The number of rotatable bonds is 10. The second-order valence-corrected chi connectivity index (χ2v) is 6.14. The van der Waals surface area contributed by atoms with Crippen LogP contribution in [0.2, 0.25) is 0 Å². The Balaban J connectivity index is 2.21. The molecule has 118 valence electrons. The summed E-state index contributed by atoms with van der Waals surface area (Å²) in [5.74, 6) is 1.84. The van der Waals surface area contributed by atoms with E-state index in [0.717, 1.165) is 12.2 Å². The van der Waals surface area contributed by atoms with Gasteiger partial charge in [0.25, 0.3) is 5.91 Å². The summed E-state index contributed by atoms with van der Waals surface area (Å²) < 4.78 is 21.7. The molecule has 1 N–H and O–H groups in total. The molecule has 0 aromatic heterocycles. The highest BCUT2D eigenvalue weighted by molar-refractivity contribution is 7.84. The summed E-state index contributed by atoms with van der Waals surface area (Å²) in [6.07, 6.45) is 3.32. The first-order valence-electron chi connectivity index (χ1n) is 7.04. The highest BCUT2D eigenvalue weighted by Crippen LogP contribution is 2.17. The van der Waals surface area contributed by atoms with E-state index in [1.165, 1.54) is 0 Å². The van der Waals surface area contributed by atoms with Gasteiger partial charge >= 0.3 is 0 Å². The molecule has 0 aliphatic carbocycles. The number of amides is 1. The Bertz CT molecular complexity index is 447. The topological polar surface area (TPSA) is 64.6 Å². The van der Waals surface area contributed by atoms with Crippen LogP contribution >= 0.6 is 0 Å². The molecule has 0 aliphatic rings. The van der Waals surface area contributed by atoms with E-state index < -0.39 is 10.8 Å². The molecule has 5 nitrogen and oxygen atoms in total. The monoisotopic (exact) mass is 313 g/mol. The number of hydrogen-bond acceptors (Lipinski definition) is 4. The highest BCUT2D eigenvalue weighted by atomic mass is 32.2. The third-order valence-electron chi connectivity index (χ3n) is 2.60. The van der Waals surface area contributed by atoms with Gasteiger partial charge in [-0.15, -0.1) is 0 Å². The van der Waals surface area contributed by atoms with E-state index in [1.807, 2.05) is 19.1 Å². The minimum Gasteiger partial charge on any atom is -0.494 e. The zero-order chi connectivity index (χ0) is 15.5. The molecular weight excluding hydrogens is 290 g/mol. The van der Waals surface area contributed by atoms with Crippen molar-refractivity contribution in [1.82, 2.24) is 5.32 Å². The average molecular weight is 313 g/mol. The van der Waals surface area contributed by atoms with Gasteiger partial charge in [-0.25, -0.2) is 0 Å². The fourth-order valence-electron chi connectivity index (χ4n) is 1.56. The largest absolute Gasteiger partial charge is 0.494 e. The van der Waals surface area contributed by atoms with E-state index in [1.54, 1.807) is 18.4 Å². The summed E-state index contributed by atoms with van der Waals surface area (Å²) >= 11 is 0. The molecule has 0 saturated carbocycles. The molecule has 1 aromatic rings. The smallest absolute Gasteiger partial charge is 0.257 e. The first-order chi connectivity index (χ1) is 10.1. The lowest BCUT2D eigenvalue weighted by Crippen LogP contribution is -2.30. The normalized spacial score (nSPS) is 11.7. The number of benzene rings is 1. The van der Waals surface area contributed by atoms with Gasteiger partial charge in [-0.05, 0) is 37.1 Å². The Labute approximate surface area is 128 Å². The molecule has 1 amide bonds. The molecular formula is C15H23NO4S. The third kappa shape index (κ3) is 8.34. The summed E-state index contributed by atoms with van der Waals surface area (Å²) in [4.78, 5) is 11.5. The van der Waals surface area contributed by atoms with Crippen LogP contribution in [0, 0.1) is 0 Å². The predicted octanol–water partition coefficient (Wildman–Crippen LogP) is 1.74. The molecule has 0 radical (unpaired) electrons. The average Bonchev–Trinajstić information content (AvgIpc) is 2.48. The Morgan fingerprint density at radius 1 is 1.19 bits per heavy atom. The maximum absolute atomic E-state index is 11.5. The Morgan fingerprint density at radius 3 is 2.38 bits per heavy atom. The van der Waals surface area contributed by atoms with Gasteiger partial charge in [-0.3, -0.25) is 9.00 Å². The molecule has 1 unspecified atom stereocenters. The lowest BCUT2D eigenvalue weighted by Gasteiger charge is -2.08. The maximum Gasteiger partial charge on any atom is 0.257 e. The van der Waals surface area contributed by atoms with Gasteiger partial charge < -0.3 is 14.8 Å². The van der Waals surface area contributed by atoms with Crippen LogP contribution in [0.4, 0.5) is 0 Å². The van der Waals surface area contributed by atoms with Crippen molar-refractivity contribution in [2.45, 2.75) is 19.8 Å². The number of carbonyl (C=O) groups excluding carboxylic acids is 1. The van der Waals surface area contributed by atoms with Crippen LogP contribution in [0.3, 0.4) is 0 Å². The molecule has 6 heteroatoms. The van der Waals surface area contributed by atoms with E-state index in [2.05, 4.69) is 5.32 Å². The Hall–Kier alpha value is -1.56. The van der Waals surface area contributed by atoms with Gasteiger partial charge in [0.2, 0.25) is 0 Å². The summed E-state index contributed by atoms with van der Waals surface area (Å²) in [5, 5.41) is 2.72. The van der Waals surface area contributed by atoms with Crippen LogP contribution in [0.25, 0.3) is 0 Å². The molecule has 21 heavy (non-hydrogen) atoms. The summed E-state index contributed by atoms with van der Waals surface area (Å²) in [6, 6.07) is 7.19. The number of ether oxygens (including phenoxy) is 2. The quantitative estimate of drug-likeness (QED) is 0.668. The number of nitrogens with one attached hydrogen (secondary N) is 1. The van der Waals surface area contributed by atoms with Gasteiger partial charge in [0.1, 0.15) is 11.5 Å². The molecule has 0 aliphatic heterocycles. The first-order valence-corrected chi connectivity index (χ1v) is 8.77. The van der Waals surface area contributed by atoms with Crippen LogP contribution in [-0.2, 0) is 15.6 Å². The van der Waals surface area contributed by atoms with Crippen molar-refractivity contribution in [3.63, 3.8) is 0 Å². The second kappa shape index (κ2) is 10.2. The fourth-order valence-corrected chi connectivity index (χ4v) is 2.11. The van der Waals surface area contributed by atoms with Gasteiger partial charge in [0.05, 0.1) is 6.61 Å². The molecule has 1 atom stereocenters. The molecule has 0 bridgehead atoms. The maximum atomic E-state index is 11.5. The van der Waals surface area contributed by atoms with Crippen molar-refractivity contribution >= 4 is 16.7 Å². The lowest BCUT2D eigenvalue weighted by atomic mass is 10.3. The van der Waals surface area contributed by atoms with Gasteiger partial charge in [-0.1, -0.05) is 6.92 Å². The van der Waals surface area contributed by atoms with Crippen LogP contribution in [0.5, 0.6) is 11.5 Å². The van der Waals surface area contributed by atoms with Crippen LogP contribution in [0.15, 0.2) is 24.3 Å². The van der Waals surface area contributed by atoms with E-state index >= 15 is 0 Å². The Morgan fingerprint density at radius 2 is 1.81 bits per heavy atom. The molecule has 0 spiro atoms. The third-order valence-corrected chi connectivity index (χ3v) is 3.46. The standard InChI is InChI=1S/C15H23NO4S/c1-3-10-19-13-5-7-14(8-6-13)20-12-15(17)16-9-4-11-21(2)18/h5-8H,3-4,9-12H2,1-2H3,(H,16,17). The molecule has 1 rings (SSSR count). The van der Waals surface area contributed by atoms with E-state index in [0.29, 0.717) is 31.1 Å². The molecule has 1 aromatic carbocycles. The van der Waals surface area contributed by atoms with Crippen molar-refractivity contribution in [2.75, 3.05) is 31.8 Å². The van der Waals surface area contributed by atoms with E-state index in [-0.39, 0.29) is 12.5 Å². The van der Waals surface area contributed by atoms with Crippen molar-refractivity contribution in [3.05, 3.63) is 24.3 Å². The van der Waals surface area contributed by atoms with Crippen molar-refractivity contribution in [2.24, 2.45) is 0 Å². The predicted molar refractivity (Wildman–Crippen MR) is 84.3 cm³/mol. The van der Waals surface area contributed by atoms with E-state index in [4.69, 9.17) is 9.47 Å². The molecule has 0 saturated heterocycles.